The Bertz CT molecular complexity index is 355. The van der Waals surface area contributed by atoms with Crippen LogP contribution in [0.25, 0.3) is 0 Å². The van der Waals surface area contributed by atoms with Gasteiger partial charge in [-0.05, 0) is 31.5 Å². The Kier molecular flexibility index (Phi) is 6.12. The smallest absolute Gasteiger partial charge is 0.119 e. The van der Waals surface area contributed by atoms with Gasteiger partial charge >= 0.3 is 0 Å². The summed E-state index contributed by atoms with van der Waals surface area (Å²) in [6.07, 6.45) is -0.164. The highest BCUT2D eigenvalue weighted by atomic mass is 16.5. The van der Waals surface area contributed by atoms with Gasteiger partial charge < -0.3 is 19.9 Å². The highest BCUT2D eigenvalue weighted by Gasteiger charge is 2.20. The zero-order chi connectivity index (χ0) is 13.5. The standard InChI is InChI=1S/C14H23NO3/c1-10(9-16-3)18-14(11(2)15)12-6-5-7-13(8-12)17-4/h5-8,10-11,14H,9,15H2,1-4H3. The van der Waals surface area contributed by atoms with Crippen LogP contribution >= 0.6 is 0 Å². The van der Waals surface area contributed by atoms with E-state index in [1.807, 2.05) is 38.1 Å². The van der Waals surface area contributed by atoms with Crippen molar-refractivity contribution in [3.63, 3.8) is 0 Å². The lowest BCUT2D eigenvalue weighted by Crippen LogP contribution is -2.31. The minimum Gasteiger partial charge on any atom is -0.497 e. The predicted octanol–water partition coefficient (Wildman–Crippen LogP) is 2.14. The van der Waals surface area contributed by atoms with E-state index >= 15 is 0 Å². The molecular weight excluding hydrogens is 230 g/mol. The highest BCUT2D eigenvalue weighted by molar-refractivity contribution is 5.30. The van der Waals surface area contributed by atoms with Gasteiger partial charge in [-0.3, -0.25) is 0 Å². The van der Waals surface area contributed by atoms with Gasteiger partial charge in [-0.2, -0.15) is 0 Å². The second-order valence-corrected chi connectivity index (χ2v) is 4.46. The van der Waals surface area contributed by atoms with Crippen LogP contribution in [0.15, 0.2) is 24.3 Å². The number of benzene rings is 1. The summed E-state index contributed by atoms with van der Waals surface area (Å²) in [7, 11) is 3.31. The summed E-state index contributed by atoms with van der Waals surface area (Å²) >= 11 is 0. The van der Waals surface area contributed by atoms with Gasteiger partial charge in [0, 0.05) is 13.2 Å². The highest BCUT2D eigenvalue weighted by Crippen LogP contribution is 2.25. The van der Waals surface area contributed by atoms with Crippen LogP contribution in [0.2, 0.25) is 0 Å². The van der Waals surface area contributed by atoms with E-state index in [0.717, 1.165) is 11.3 Å². The number of methoxy groups -OCH3 is 2. The monoisotopic (exact) mass is 253 g/mol. The normalized spacial score (nSPS) is 16.1. The Balaban J connectivity index is 2.83. The fourth-order valence-corrected chi connectivity index (χ4v) is 1.85. The molecule has 1 aromatic rings. The van der Waals surface area contributed by atoms with E-state index in [1.54, 1.807) is 14.2 Å². The van der Waals surface area contributed by atoms with Crippen molar-refractivity contribution < 1.29 is 14.2 Å². The maximum Gasteiger partial charge on any atom is 0.119 e. The Labute approximate surface area is 109 Å². The van der Waals surface area contributed by atoms with E-state index in [0.29, 0.717) is 6.61 Å². The van der Waals surface area contributed by atoms with E-state index in [4.69, 9.17) is 19.9 Å². The second kappa shape index (κ2) is 7.36. The molecule has 0 saturated carbocycles. The quantitative estimate of drug-likeness (QED) is 0.809. The first-order valence-corrected chi connectivity index (χ1v) is 6.12. The summed E-state index contributed by atoms with van der Waals surface area (Å²) in [6, 6.07) is 7.69. The molecule has 0 heterocycles. The van der Waals surface area contributed by atoms with Crippen LogP contribution in [-0.2, 0) is 9.47 Å². The lowest BCUT2D eigenvalue weighted by molar-refractivity contribution is -0.0481. The third kappa shape index (κ3) is 4.29. The van der Waals surface area contributed by atoms with E-state index in [1.165, 1.54) is 0 Å². The largest absolute Gasteiger partial charge is 0.497 e. The molecule has 0 bridgehead atoms. The summed E-state index contributed by atoms with van der Waals surface area (Å²) in [4.78, 5) is 0. The lowest BCUT2D eigenvalue weighted by Gasteiger charge is -2.25. The van der Waals surface area contributed by atoms with Crippen LogP contribution < -0.4 is 10.5 Å². The zero-order valence-corrected chi connectivity index (χ0v) is 11.6. The molecule has 1 rings (SSSR count). The third-order valence-corrected chi connectivity index (χ3v) is 2.68. The third-order valence-electron chi connectivity index (χ3n) is 2.68. The summed E-state index contributed by atoms with van der Waals surface area (Å²) < 4.78 is 16.2. The fraction of sp³-hybridized carbons (Fsp3) is 0.571. The molecule has 0 fully saturated rings. The van der Waals surface area contributed by atoms with Crippen molar-refractivity contribution in [1.29, 1.82) is 0 Å². The molecule has 0 aliphatic carbocycles. The van der Waals surface area contributed by atoms with Crippen LogP contribution in [0.5, 0.6) is 5.75 Å². The molecule has 0 aliphatic rings. The van der Waals surface area contributed by atoms with Crippen LogP contribution in [0.3, 0.4) is 0 Å². The van der Waals surface area contributed by atoms with Crippen molar-refractivity contribution in [3.05, 3.63) is 29.8 Å². The van der Waals surface area contributed by atoms with Crippen molar-refractivity contribution >= 4 is 0 Å². The summed E-state index contributed by atoms with van der Waals surface area (Å²) in [5, 5.41) is 0. The Morgan fingerprint density at radius 3 is 2.50 bits per heavy atom. The van der Waals surface area contributed by atoms with Crippen molar-refractivity contribution in [1.82, 2.24) is 0 Å². The summed E-state index contributed by atoms with van der Waals surface area (Å²) in [5.74, 6) is 0.807. The molecule has 18 heavy (non-hydrogen) atoms. The van der Waals surface area contributed by atoms with Crippen molar-refractivity contribution in [2.75, 3.05) is 20.8 Å². The summed E-state index contributed by atoms with van der Waals surface area (Å²) in [6.45, 7) is 4.45. The first kappa shape index (κ1) is 15.0. The van der Waals surface area contributed by atoms with Crippen LogP contribution in [-0.4, -0.2) is 33.0 Å². The Morgan fingerprint density at radius 1 is 1.22 bits per heavy atom. The number of hydrogen-bond acceptors (Lipinski definition) is 4. The van der Waals surface area contributed by atoms with Gasteiger partial charge in [-0.25, -0.2) is 0 Å². The molecule has 3 atom stereocenters. The molecule has 2 N–H and O–H groups in total. The molecule has 4 nitrogen and oxygen atoms in total. The zero-order valence-electron chi connectivity index (χ0n) is 11.6. The first-order valence-electron chi connectivity index (χ1n) is 6.12. The number of ether oxygens (including phenoxy) is 3. The molecule has 4 heteroatoms. The van der Waals surface area contributed by atoms with Crippen molar-refractivity contribution in [3.8, 4) is 5.75 Å². The number of nitrogens with two attached hydrogens (primary N) is 1. The Hall–Kier alpha value is -1.10. The van der Waals surface area contributed by atoms with E-state index in [9.17, 15) is 0 Å². The van der Waals surface area contributed by atoms with Gasteiger partial charge in [0.05, 0.1) is 25.9 Å². The number of rotatable bonds is 7. The molecule has 0 saturated heterocycles. The average Bonchev–Trinajstić information content (AvgIpc) is 2.36. The van der Waals surface area contributed by atoms with Gasteiger partial charge in [-0.1, -0.05) is 12.1 Å². The van der Waals surface area contributed by atoms with Gasteiger partial charge in [0.15, 0.2) is 0 Å². The van der Waals surface area contributed by atoms with E-state index in [2.05, 4.69) is 0 Å². The maximum absolute atomic E-state index is 6.00. The van der Waals surface area contributed by atoms with E-state index in [-0.39, 0.29) is 18.2 Å². The molecule has 3 unspecified atom stereocenters. The van der Waals surface area contributed by atoms with Gasteiger partial charge in [0.1, 0.15) is 5.75 Å². The second-order valence-electron chi connectivity index (χ2n) is 4.46. The van der Waals surface area contributed by atoms with E-state index < -0.39 is 0 Å². The van der Waals surface area contributed by atoms with Crippen LogP contribution in [0, 0.1) is 0 Å². The van der Waals surface area contributed by atoms with Crippen LogP contribution in [0.1, 0.15) is 25.5 Å². The van der Waals surface area contributed by atoms with Gasteiger partial charge in [0.2, 0.25) is 0 Å². The minimum absolute atomic E-state index is 0.00259. The minimum atomic E-state index is -0.162. The molecule has 0 aliphatic heterocycles. The van der Waals surface area contributed by atoms with Gasteiger partial charge in [0.25, 0.3) is 0 Å². The van der Waals surface area contributed by atoms with Crippen LogP contribution in [0.4, 0.5) is 0 Å². The average molecular weight is 253 g/mol. The maximum atomic E-state index is 6.00. The van der Waals surface area contributed by atoms with Crippen molar-refractivity contribution in [2.24, 2.45) is 5.73 Å². The first-order chi connectivity index (χ1) is 8.58. The Morgan fingerprint density at radius 2 is 1.94 bits per heavy atom. The van der Waals surface area contributed by atoms with Gasteiger partial charge in [-0.15, -0.1) is 0 Å². The molecule has 102 valence electrons. The fourth-order valence-electron chi connectivity index (χ4n) is 1.85. The topological polar surface area (TPSA) is 53.7 Å². The summed E-state index contributed by atoms with van der Waals surface area (Å²) in [5.41, 5.74) is 7.02. The SMILES string of the molecule is COCC(C)OC(c1cccc(OC)c1)C(C)N. The molecule has 0 amide bonds. The number of hydrogen-bond donors (Lipinski definition) is 1. The molecular formula is C14H23NO3. The molecule has 0 radical (unpaired) electrons. The molecule has 0 aromatic heterocycles. The molecule has 1 aromatic carbocycles. The van der Waals surface area contributed by atoms with Crippen molar-refractivity contribution in [2.45, 2.75) is 32.1 Å². The predicted molar refractivity (Wildman–Crippen MR) is 71.8 cm³/mol. The molecule has 0 spiro atoms. The lowest BCUT2D eigenvalue weighted by atomic mass is 10.0.